The monoisotopic (exact) mass is 254 g/mol. The fourth-order valence-corrected chi connectivity index (χ4v) is 2.65. The van der Waals surface area contributed by atoms with Crippen LogP contribution < -0.4 is 0 Å². The van der Waals surface area contributed by atoms with E-state index in [1.807, 2.05) is 19.0 Å². The zero-order chi connectivity index (χ0) is 13.0. The number of nitrogens with zero attached hydrogens (tertiary/aromatic N) is 2. The van der Waals surface area contributed by atoms with Crippen LogP contribution in [0.15, 0.2) is 6.08 Å². The third-order valence-corrected chi connectivity index (χ3v) is 3.12. The number of carboxylic acid groups (broad SMARTS) is 1. The molecule has 0 saturated carbocycles. The van der Waals surface area contributed by atoms with Crippen LogP contribution in [0.1, 0.15) is 35.3 Å². The summed E-state index contributed by atoms with van der Waals surface area (Å²) < 4.78 is 0. The van der Waals surface area contributed by atoms with Crippen LogP contribution in [0, 0.1) is 0 Å². The summed E-state index contributed by atoms with van der Waals surface area (Å²) in [7, 11) is 3.98. The molecule has 0 aliphatic heterocycles. The fourth-order valence-electron chi connectivity index (χ4n) is 1.41. The van der Waals surface area contributed by atoms with E-state index in [2.05, 4.69) is 18.8 Å². The van der Waals surface area contributed by atoms with E-state index in [1.54, 1.807) is 17.4 Å². The largest absolute Gasteiger partial charge is 0.478 e. The summed E-state index contributed by atoms with van der Waals surface area (Å²) in [5.74, 6) is -0.627. The summed E-state index contributed by atoms with van der Waals surface area (Å²) in [6, 6.07) is 0. The number of aliphatic carboxylic acids is 1. The summed E-state index contributed by atoms with van der Waals surface area (Å²) in [5, 5.41) is 9.66. The highest BCUT2D eigenvalue weighted by Crippen LogP contribution is 2.26. The van der Waals surface area contributed by atoms with Gasteiger partial charge in [0.1, 0.15) is 5.01 Å². The summed E-state index contributed by atoms with van der Waals surface area (Å²) >= 11 is 1.56. The maximum atomic E-state index is 10.5. The summed E-state index contributed by atoms with van der Waals surface area (Å²) in [4.78, 5) is 18.1. The molecule has 0 radical (unpaired) electrons. The van der Waals surface area contributed by atoms with Crippen molar-refractivity contribution < 1.29 is 9.90 Å². The molecule has 0 aromatic carbocycles. The van der Waals surface area contributed by atoms with Crippen LogP contribution in [0.2, 0.25) is 0 Å². The van der Waals surface area contributed by atoms with Crippen molar-refractivity contribution in [2.75, 3.05) is 14.1 Å². The Balaban J connectivity index is 3.01. The Kier molecular flexibility index (Phi) is 4.84. The van der Waals surface area contributed by atoms with E-state index in [-0.39, 0.29) is 0 Å². The molecule has 0 saturated heterocycles. The zero-order valence-corrected chi connectivity index (χ0v) is 11.4. The number of aromatic nitrogens is 1. The summed E-state index contributed by atoms with van der Waals surface area (Å²) in [5.41, 5.74) is 0.976. The van der Waals surface area contributed by atoms with Crippen molar-refractivity contribution >= 4 is 23.4 Å². The molecule has 0 aliphatic carbocycles. The second-order valence-electron chi connectivity index (χ2n) is 4.42. The maximum Gasteiger partial charge on any atom is 0.328 e. The van der Waals surface area contributed by atoms with Gasteiger partial charge >= 0.3 is 5.97 Å². The SMILES string of the molecule is CC(C)c1nc(CN(C)C)sc1/C=C/C(=O)O. The molecule has 0 spiro atoms. The average Bonchev–Trinajstić information content (AvgIpc) is 2.57. The van der Waals surface area contributed by atoms with Crippen molar-refractivity contribution in [1.82, 2.24) is 9.88 Å². The topological polar surface area (TPSA) is 53.4 Å². The lowest BCUT2D eigenvalue weighted by molar-refractivity contribution is -0.131. The number of carboxylic acids is 1. The van der Waals surface area contributed by atoms with Gasteiger partial charge in [-0.1, -0.05) is 13.8 Å². The molecule has 5 heteroatoms. The van der Waals surface area contributed by atoms with Gasteiger partial charge in [-0.2, -0.15) is 0 Å². The molecular formula is C12H18N2O2S. The molecule has 1 heterocycles. The van der Waals surface area contributed by atoms with E-state index in [4.69, 9.17) is 5.11 Å². The van der Waals surface area contributed by atoms with Gasteiger partial charge < -0.3 is 10.0 Å². The van der Waals surface area contributed by atoms with Crippen LogP contribution in [0.5, 0.6) is 0 Å². The minimum atomic E-state index is -0.928. The number of hydrogen-bond donors (Lipinski definition) is 1. The van der Waals surface area contributed by atoms with Crippen molar-refractivity contribution in [3.05, 3.63) is 21.7 Å². The van der Waals surface area contributed by atoms with Crippen molar-refractivity contribution in [3.63, 3.8) is 0 Å². The molecular weight excluding hydrogens is 236 g/mol. The third-order valence-electron chi connectivity index (χ3n) is 2.10. The lowest BCUT2D eigenvalue weighted by atomic mass is 10.1. The predicted octanol–water partition coefficient (Wildman–Crippen LogP) is 2.43. The number of thiazole rings is 1. The Labute approximate surface area is 106 Å². The number of carbonyl (C=O) groups is 1. The van der Waals surface area contributed by atoms with Gasteiger partial charge in [0.15, 0.2) is 0 Å². The van der Waals surface area contributed by atoms with Crippen LogP contribution >= 0.6 is 11.3 Å². The molecule has 4 nitrogen and oxygen atoms in total. The number of rotatable bonds is 5. The second kappa shape index (κ2) is 5.93. The smallest absolute Gasteiger partial charge is 0.328 e. The van der Waals surface area contributed by atoms with Crippen LogP contribution in [0.25, 0.3) is 6.08 Å². The number of hydrogen-bond acceptors (Lipinski definition) is 4. The maximum absolute atomic E-state index is 10.5. The van der Waals surface area contributed by atoms with Crippen LogP contribution in [-0.4, -0.2) is 35.1 Å². The van der Waals surface area contributed by atoms with Crippen molar-refractivity contribution in [3.8, 4) is 0 Å². The highest BCUT2D eigenvalue weighted by Gasteiger charge is 2.12. The fraction of sp³-hybridized carbons (Fsp3) is 0.500. The quantitative estimate of drug-likeness (QED) is 0.820. The minimum Gasteiger partial charge on any atom is -0.478 e. The highest BCUT2D eigenvalue weighted by atomic mass is 32.1. The first-order valence-electron chi connectivity index (χ1n) is 5.45. The van der Waals surface area contributed by atoms with E-state index >= 15 is 0 Å². The Morgan fingerprint density at radius 3 is 2.65 bits per heavy atom. The lowest BCUT2D eigenvalue weighted by Crippen LogP contribution is -2.10. The van der Waals surface area contributed by atoms with E-state index in [0.717, 1.165) is 22.1 Å². The molecule has 1 aromatic rings. The Morgan fingerprint density at radius 1 is 1.53 bits per heavy atom. The van der Waals surface area contributed by atoms with Gasteiger partial charge in [-0.15, -0.1) is 11.3 Å². The van der Waals surface area contributed by atoms with Gasteiger partial charge in [0.25, 0.3) is 0 Å². The van der Waals surface area contributed by atoms with Gasteiger partial charge in [-0.3, -0.25) is 0 Å². The Morgan fingerprint density at radius 2 is 2.18 bits per heavy atom. The molecule has 1 N–H and O–H groups in total. The third kappa shape index (κ3) is 4.28. The standard InChI is InChI=1S/C12H18N2O2S/c1-8(2)12-9(5-6-11(15)16)17-10(13-12)7-14(3)4/h5-6,8H,7H2,1-4H3,(H,15,16)/b6-5+. The van der Waals surface area contributed by atoms with E-state index in [9.17, 15) is 4.79 Å². The first kappa shape index (κ1) is 13.9. The van der Waals surface area contributed by atoms with Gasteiger partial charge in [0, 0.05) is 12.6 Å². The Bertz CT molecular complexity index is 422. The zero-order valence-electron chi connectivity index (χ0n) is 10.6. The molecule has 0 fully saturated rings. The van der Waals surface area contributed by atoms with Crippen LogP contribution in [0.3, 0.4) is 0 Å². The minimum absolute atomic E-state index is 0.301. The highest BCUT2D eigenvalue weighted by molar-refractivity contribution is 7.12. The first-order valence-corrected chi connectivity index (χ1v) is 6.27. The molecule has 0 bridgehead atoms. The van der Waals surface area contributed by atoms with Crippen molar-refractivity contribution in [2.24, 2.45) is 0 Å². The van der Waals surface area contributed by atoms with Crippen LogP contribution in [-0.2, 0) is 11.3 Å². The normalized spacial score (nSPS) is 11.9. The molecule has 1 rings (SSSR count). The van der Waals surface area contributed by atoms with Crippen molar-refractivity contribution in [2.45, 2.75) is 26.3 Å². The van der Waals surface area contributed by atoms with Crippen LogP contribution in [0.4, 0.5) is 0 Å². The lowest BCUT2D eigenvalue weighted by Gasteiger charge is -2.05. The molecule has 0 atom stereocenters. The molecule has 94 valence electrons. The molecule has 1 aromatic heterocycles. The van der Waals surface area contributed by atoms with E-state index < -0.39 is 5.97 Å². The molecule has 17 heavy (non-hydrogen) atoms. The molecule has 0 unspecified atom stereocenters. The Hall–Kier alpha value is -1.20. The van der Waals surface area contributed by atoms with Gasteiger partial charge in [-0.05, 0) is 26.1 Å². The van der Waals surface area contributed by atoms with Gasteiger partial charge in [0.05, 0.1) is 10.6 Å². The van der Waals surface area contributed by atoms with Crippen molar-refractivity contribution in [1.29, 1.82) is 0 Å². The predicted molar refractivity (Wildman–Crippen MR) is 70.3 cm³/mol. The summed E-state index contributed by atoms with van der Waals surface area (Å²) in [6.45, 7) is 4.91. The first-order chi connectivity index (χ1) is 7.90. The summed E-state index contributed by atoms with van der Waals surface area (Å²) in [6.07, 6.45) is 2.80. The molecule has 0 aliphatic rings. The second-order valence-corrected chi connectivity index (χ2v) is 5.54. The molecule has 0 amide bonds. The van der Waals surface area contributed by atoms with E-state index in [0.29, 0.717) is 5.92 Å². The average molecular weight is 254 g/mol. The van der Waals surface area contributed by atoms with Gasteiger partial charge in [0.2, 0.25) is 0 Å². The van der Waals surface area contributed by atoms with E-state index in [1.165, 1.54) is 6.08 Å². The van der Waals surface area contributed by atoms with Gasteiger partial charge in [-0.25, -0.2) is 9.78 Å².